The van der Waals surface area contributed by atoms with Crippen molar-refractivity contribution >= 4 is 39.5 Å². The lowest BCUT2D eigenvalue weighted by atomic mass is 9.82. The second-order valence-electron chi connectivity index (χ2n) is 8.69. The van der Waals surface area contributed by atoms with Gasteiger partial charge in [0.25, 0.3) is 6.43 Å². The molecule has 0 aliphatic carbocycles. The predicted molar refractivity (Wildman–Crippen MR) is 129 cm³/mol. The summed E-state index contributed by atoms with van der Waals surface area (Å²) < 4.78 is 73.3. The minimum Gasteiger partial charge on any atom is -0.476 e. The molecule has 0 unspecified atom stereocenters. The molecule has 0 saturated heterocycles. The number of halogens is 5. The number of benzene rings is 1. The van der Waals surface area contributed by atoms with Gasteiger partial charge in [0, 0.05) is 29.9 Å². The minimum atomic E-state index is -2.77. The maximum atomic E-state index is 15.0. The summed E-state index contributed by atoms with van der Waals surface area (Å²) in [4.78, 5) is 17.0. The highest BCUT2D eigenvalue weighted by Crippen LogP contribution is 2.49. The van der Waals surface area contributed by atoms with Gasteiger partial charge >= 0.3 is 0 Å². The smallest absolute Gasteiger partial charge is 0.253 e. The summed E-state index contributed by atoms with van der Waals surface area (Å²) in [7, 11) is 0. The van der Waals surface area contributed by atoms with Gasteiger partial charge in [-0.05, 0) is 32.4 Å². The largest absolute Gasteiger partial charge is 0.476 e. The first-order chi connectivity index (χ1) is 17.0. The van der Waals surface area contributed by atoms with Crippen LogP contribution in [0.5, 0.6) is 5.88 Å². The first-order valence-corrected chi connectivity index (χ1v) is 11.8. The molecule has 192 valence electrons. The molecule has 3 aromatic rings. The molecular weight excluding hydrogens is 503 g/mol. The van der Waals surface area contributed by atoms with E-state index in [1.807, 2.05) is 0 Å². The SMILES string of the molecule is C[C@]1(C(F)F)C[C@@](C)(c2cc(Nc3nccc4nc(OCCCF)cnc34)cc(F)c2F)N=C(N)S1. The van der Waals surface area contributed by atoms with Gasteiger partial charge in [0.2, 0.25) is 5.88 Å². The number of rotatable bonds is 8. The standard InChI is InChI=1S/C23H23F5N6OS/c1-22(11-23(2,20(27)28)36-21(29)34-22)13-8-12(9-14(25)17(13)26)32-19-18-15(4-6-30-19)33-16(10-31-18)35-7-3-5-24/h4,6,8-10,20H,3,5,7,11H2,1-2H3,(H2,29,34)(H,30,32)/t22-,23+/m0/s1. The average molecular weight is 527 g/mol. The van der Waals surface area contributed by atoms with Crippen LogP contribution in [0.25, 0.3) is 11.0 Å². The fourth-order valence-corrected chi connectivity index (χ4v) is 5.22. The number of alkyl halides is 3. The number of hydrogen-bond acceptors (Lipinski definition) is 8. The highest BCUT2D eigenvalue weighted by molar-refractivity contribution is 8.15. The van der Waals surface area contributed by atoms with Crippen molar-refractivity contribution in [2.75, 3.05) is 18.6 Å². The maximum absolute atomic E-state index is 15.0. The molecule has 7 nitrogen and oxygen atoms in total. The molecule has 0 spiro atoms. The van der Waals surface area contributed by atoms with Crippen LogP contribution >= 0.6 is 11.8 Å². The van der Waals surface area contributed by atoms with E-state index in [2.05, 4.69) is 25.3 Å². The van der Waals surface area contributed by atoms with Crippen LogP contribution in [-0.2, 0) is 5.54 Å². The van der Waals surface area contributed by atoms with Crippen molar-refractivity contribution in [3.8, 4) is 5.88 Å². The van der Waals surface area contributed by atoms with Gasteiger partial charge in [0.05, 0.1) is 35.3 Å². The number of hydrogen-bond donors (Lipinski definition) is 2. The van der Waals surface area contributed by atoms with Crippen molar-refractivity contribution in [3.05, 3.63) is 47.8 Å². The van der Waals surface area contributed by atoms with Crippen LogP contribution in [-0.4, -0.2) is 44.6 Å². The Morgan fingerprint density at radius 2 is 2.00 bits per heavy atom. The Kier molecular flexibility index (Phi) is 7.21. The van der Waals surface area contributed by atoms with Crippen molar-refractivity contribution in [2.24, 2.45) is 10.7 Å². The van der Waals surface area contributed by atoms with Gasteiger partial charge in [0.1, 0.15) is 5.52 Å². The molecule has 0 radical (unpaired) electrons. The molecule has 36 heavy (non-hydrogen) atoms. The third-order valence-corrected chi connectivity index (χ3v) is 6.78. The van der Waals surface area contributed by atoms with Crippen LogP contribution in [0.3, 0.4) is 0 Å². The van der Waals surface area contributed by atoms with Gasteiger partial charge in [0.15, 0.2) is 22.6 Å². The number of aliphatic imine (C=N–C) groups is 1. The molecule has 1 aromatic carbocycles. The third-order valence-electron chi connectivity index (χ3n) is 5.69. The summed E-state index contributed by atoms with van der Waals surface area (Å²) >= 11 is 0.711. The van der Waals surface area contributed by atoms with Gasteiger partial charge in [-0.3, -0.25) is 9.38 Å². The Balaban J connectivity index is 1.70. The lowest BCUT2D eigenvalue weighted by Crippen LogP contribution is -2.44. The van der Waals surface area contributed by atoms with Crippen molar-refractivity contribution < 1.29 is 26.7 Å². The highest BCUT2D eigenvalue weighted by atomic mass is 32.2. The molecular formula is C23H23F5N6OS. The monoisotopic (exact) mass is 526 g/mol. The molecule has 0 fully saturated rings. The molecule has 4 rings (SSSR count). The van der Waals surface area contributed by atoms with Gasteiger partial charge in [-0.1, -0.05) is 11.8 Å². The molecule has 13 heteroatoms. The van der Waals surface area contributed by atoms with Crippen LogP contribution in [0.1, 0.15) is 32.3 Å². The van der Waals surface area contributed by atoms with Crippen LogP contribution in [0.2, 0.25) is 0 Å². The molecule has 0 amide bonds. The lowest BCUT2D eigenvalue weighted by molar-refractivity contribution is 0.0892. The average Bonchev–Trinajstić information content (AvgIpc) is 2.80. The second-order valence-corrected chi connectivity index (χ2v) is 10.2. The van der Waals surface area contributed by atoms with Gasteiger partial charge < -0.3 is 15.8 Å². The topological polar surface area (TPSA) is 98.3 Å². The number of amidine groups is 1. The van der Waals surface area contributed by atoms with E-state index in [9.17, 15) is 22.0 Å². The van der Waals surface area contributed by atoms with Crippen LogP contribution in [0, 0.1) is 11.6 Å². The molecule has 0 bridgehead atoms. The zero-order valence-electron chi connectivity index (χ0n) is 19.4. The zero-order chi connectivity index (χ0) is 26.1. The third kappa shape index (κ3) is 5.15. The van der Waals surface area contributed by atoms with E-state index in [4.69, 9.17) is 10.5 Å². The molecule has 3 N–H and O–H groups in total. The summed E-state index contributed by atoms with van der Waals surface area (Å²) in [6.45, 7) is 2.37. The maximum Gasteiger partial charge on any atom is 0.253 e. The van der Waals surface area contributed by atoms with Crippen LogP contribution in [0.15, 0.2) is 35.6 Å². The number of pyridine rings is 1. The fraction of sp³-hybridized carbons (Fsp3) is 0.391. The normalized spacial score (nSPS) is 22.1. The fourth-order valence-electron chi connectivity index (χ4n) is 4.05. The highest BCUT2D eigenvalue weighted by Gasteiger charge is 2.48. The number of thioether (sulfide) groups is 1. The van der Waals surface area contributed by atoms with E-state index in [1.165, 1.54) is 32.3 Å². The summed E-state index contributed by atoms with van der Waals surface area (Å²) in [5, 5.41) is 2.76. The van der Waals surface area contributed by atoms with Crippen molar-refractivity contribution in [1.29, 1.82) is 0 Å². The summed E-state index contributed by atoms with van der Waals surface area (Å²) in [6, 6.07) is 3.79. The van der Waals surface area contributed by atoms with Gasteiger partial charge in [-0.15, -0.1) is 0 Å². The molecule has 0 saturated carbocycles. The minimum absolute atomic E-state index is 0.0981. The Hall–Kier alpha value is -3.22. The Bertz CT molecular complexity index is 1310. The van der Waals surface area contributed by atoms with E-state index >= 15 is 0 Å². The quantitative estimate of drug-likeness (QED) is 0.296. The number of nitrogens with zero attached hydrogens (tertiary/aromatic N) is 4. The molecule has 1 aliphatic heterocycles. The van der Waals surface area contributed by atoms with Crippen LogP contribution in [0.4, 0.5) is 33.5 Å². The van der Waals surface area contributed by atoms with Crippen LogP contribution < -0.4 is 15.8 Å². The summed E-state index contributed by atoms with van der Waals surface area (Å²) in [6.07, 6.45) is -0.0520. The van der Waals surface area contributed by atoms with E-state index in [-0.39, 0.29) is 47.6 Å². The van der Waals surface area contributed by atoms with Crippen molar-refractivity contribution in [2.45, 2.75) is 43.4 Å². The number of anilines is 2. The first-order valence-electron chi connectivity index (χ1n) is 10.9. The second kappa shape index (κ2) is 10.0. The molecule has 1 aliphatic rings. The molecule has 3 heterocycles. The number of fused-ring (bicyclic) bond motifs is 1. The van der Waals surface area contributed by atoms with Gasteiger partial charge in [-0.25, -0.2) is 32.5 Å². The lowest BCUT2D eigenvalue weighted by Gasteiger charge is -2.40. The Labute approximate surface area is 207 Å². The Morgan fingerprint density at radius 3 is 2.72 bits per heavy atom. The van der Waals surface area contributed by atoms with Crippen molar-refractivity contribution in [1.82, 2.24) is 15.0 Å². The number of nitrogens with one attached hydrogen (secondary N) is 1. The Morgan fingerprint density at radius 1 is 1.22 bits per heavy atom. The molecule has 2 aromatic heterocycles. The van der Waals surface area contributed by atoms with Gasteiger partial charge in [-0.2, -0.15) is 0 Å². The first kappa shape index (κ1) is 25.9. The summed E-state index contributed by atoms with van der Waals surface area (Å²) in [5.41, 5.74) is 4.86. The number of nitrogens with two attached hydrogens (primary N) is 1. The predicted octanol–water partition coefficient (Wildman–Crippen LogP) is 5.48. The van der Waals surface area contributed by atoms with E-state index in [0.717, 1.165) is 6.07 Å². The number of ether oxygens (including phenoxy) is 1. The summed E-state index contributed by atoms with van der Waals surface area (Å²) in [5.74, 6) is -2.01. The number of aromatic nitrogens is 3. The van der Waals surface area contributed by atoms with E-state index < -0.39 is 35.0 Å². The van der Waals surface area contributed by atoms with E-state index in [1.54, 1.807) is 6.07 Å². The zero-order valence-corrected chi connectivity index (χ0v) is 20.2. The molecule has 2 atom stereocenters. The van der Waals surface area contributed by atoms with E-state index in [0.29, 0.717) is 22.8 Å². The van der Waals surface area contributed by atoms with Crippen molar-refractivity contribution in [3.63, 3.8) is 0 Å².